The summed E-state index contributed by atoms with van der Waals surface area (Å²) >= 11 is 1.59. The molecule has 1 aromatic heterocycles. The number of nitrogens with zero attached hydrogens (tertiary/aromatic N) is 1. The summed E-state index contributed by atoms with van der Waals surface area (Å²) in [6.07, 6.45) is 5.47. The Morgan fingerprint density at radius 1 is 1.24 bits per heavy atom. The number of aryl methyl sites for hydroxylation is 2. The molecule has 2 aromatic rings. The summed E-state index contributed by atoms with van der Waals surface area (Å²) in [6, 6.07) is 10.8. The van der Waals surface area contributed by atoms with Crippen molar-refractivity contribution >= 4 is 22.2 Å². The van der Waals surface area contributed by atoms with E-state index in [1.807, 2.05) is 0 Å². The number of carbonyl (C=O) groups excluding carboxylic acids is 1. The number of anilines is 1. The van der Waals surface area contributed by atoms with Gasteiger partial charge in [0, 0.05) is 11.3 Å². The Kier molecular flexibility index (Phi) is 5.55. The summed E-state index contributed by atoms with van der Waals surface area (Å²) in [7, 11) is 0. The van der Waals surface area contributed by atoms with Crippen molar-refractivity contribution < 1.29 is 4.79 Å². The minimum Gasteiger partial charge on any atom is -0.317 e. The fourth-order valence-electron chi connectivity index (χ4n) is 3.29. The standard InChI is InChI=1S/C21H24N2OS/c1-14(2)16-10-7-15(8-11-16)9-12-20(24)23-21-18(13-22)17-5-3-4-6-19(17)25-21/h7-8,10-11,14H,3-6,9,12H2,1-2H3,(H,23,24). The van der Waals surface area contributed by atoms with Crippen LogP contribution in [0.3, 0.4) is 0 Å². The van der Waals surface area contributed by atoms with E-state index < -0.39 is 0 Å². The summed E-state index contributed by atoms with van der Waals surface area (Å²) in [6.45, 7) is 4.35. The van der Waals surface area contributed by atoms with E-state index >= 15 is 0 Å². The largest absolute Gasteiger partial charge is 0.317 e. The minimum atomic E-state index is -0.0111. The third-order valence-corrected chi connectivity index (χ3v) is 6.03. The number of amides is 1. The molecular formula is C21H24N2OS. The van der Waals surface area contributed by atoms with Crippen LogP contribution in [0.1, 0.15) is 66.2 Å². The van der Waals surface area contributed by atoms with Gasteiger partial charge in [-0.15, -0.1) is 11.3 Å². The molecule has 0 atom stereocenters. The van der Waals surface area contributed by atoms with Crippen molar-refractivity contribution in [2.24, 2.45) is 0 Å². The van der Waals surface area contributed by atoms with E-state index in [0.717, 1.165) is 30.7 Å². The lowest BCUT2D eigenvalue weighted by molar-refractivity contribution is -0.116. The average molecular weight is 353 g/mol. The first-order valence-electron chi connectivity index (χ1n) is 9.01. The van der Waals surface area contributed by atoms with E-state index in [1.165, 1.54) is 28.0 Å². The monoisotopic (exact) mass is 352 g/mol. The molecule has 3 nitrogen and oxygen atoms in total. The van der Waals surface area contributed by atoms with Crippen molar-refractivity contribution in [3.8, 4) is 6.07 Å². The van der Waals surface area contributed by atoms with Gasteiger partial charge in [-0.05, 0) is 54.7 Å². The molecule has 4 heteroatoms. The molecule has 1 aliphatic rings. The van der Waals surface area contributed by atoms with Crippen LogP contribution in [0.15, 0.2) is 24.3 Å². The number of nitriles is 1. The first-order valence-corrected chi connectivity index (χ1v) is 9.83. The van der Waals surface area contributed by atoms with E-state index in [1.54, 1.807) is 11.3 Å². The van der Waals surface area contributed by atoms with E-state index in [0.29, 0.717) is 17.9 Å². The molecule has 1 N–H and O–H groups in total. The van der Waals surface area contributed by atoms with E-state index in [4.69, 9.17) is 0 Å². The number of hydrogen-bond acceptors (Lipinski definition) is 3. The molecule has 0 saturated heterocycles. The zero-order chi connectivity index (χ0) is 17.8. The zero-order valence-electron chi connectivity index (χ0n) is 14.9. The van der Waals surface area contributed by atoms with Gasteiger partial charge < -0.3 is 5.32 Å². The molecule has 0 unspecified atom stereocenters. The lowest BCUT2D eigenvalue weighted by Crippen LogP contribution is -2.12. The maximum Gasteiger partial charge on any atom is 0.225 e. The SMILES string of the molecule is CC(C)c1ccc(CCC(=O)Nc2sc3c(c2C#N)CCCC3)cc1. The van der Waals surface area contributed by atoms with Gasteiger partial charge in [0.05, 0.1) is 5.56 Å². The van der Waals surface area contributed by atoms with Crippen LogP contribution in [-0.4, -0.2) is 5.91 Å². The van der Waals surface area contributed by atoms with Gasteiger partial charge in [0.2, 0.25) is 5.91 Å². The number of benzene rings is 1. The number of rotatable bonds is 5. The molecule has 0 bridgehead atoms. The van der Waals surface area contributed by atoms with Gasteiger partial charge in [0.25, 0.3) is 0 Å². The summed E-state index contributed by atoms with van der Waals surface area (Å²) < 4.78 is 0. The number of carbonyl (C=O) groups is 1. The van der Waals surface area contributed by atoms with Crippen molar-refractivity contribution in [3.05, 3.63) is 51.4 Å². The van der Waals surface area contributed by atoms with Crippen LogP contribution in [0.2, 0.25) is 0 Å². The lowest BCUT2D eigenvalue weighted by atomic mass is 9.96. The highest BCUT2D eigenvalue weighted by Crippen LogP contribution is 2.37. The molecule has 25 heavy (non-hydrogen) atoms. The molecule has 1 heterocycles. The normalized spacial score (nSPS) is 13.4. The Labute approximate surface area is 153 Å². The van der Waals surface area contributed by atoms with E-state index in [-0.39, 0.29) is 5.91 Å². The van der Waals surface area contributed by atoms with Gasteiger partial charge in [-0.3, -0.25) is 4.79 Å². The van der Waals surface area contributed by atoms with Gasteiger partial charge in [0.15, 0.2) is 0 Å². The van der Waals surface area contributed by atoms with Gasteiger partial charge >= 0.3 is 0 Å². The molecule has 0 fully saturated rings. The molecular weight excluding hydrogens is 328 g/mol. The third kappa shape index (κ3) is 4.11. The molecule has 0 aliphatic heterocycles. The Bertz CT molecular complexity index is 797. The van der Waals surface area contributed by atoms with Crippen LogP contribution in [-0.2, 0) is 24.1 Å². The molecule has 1 amide bonds. The first-order chi connectivity index (χ1) is 12.1. The number of fused-ring (bicyclic) bond motifs is 1. The van der Waals surface area contributed by atoms with Crippen molar-refractivity contribution in [1.82, 2.24) is 0 Å². The smallest absolute Gasteiger partial charge is 0.225 e. The molecule has 0 saturated carbocycles. The van der Waals surface area contributed by atoms with Crippen molar-refractivity contribution in [2.45, 2.75) is 58.3 Å². The maximum atomic E-state index is 12.3. The second-order valence-corrected chi connectivity index (χ2v) is 8.08. The topological polar surface area (TPSA) is 52.9 Å². The van der Waals surface area contributed by atoms with Crippen LogP contribution >= 0.6 is 11.3 Å². The molecule has 1 aliphatic carbocycles. The number of hydrogen-bond donors (Lipinski definition) is 1. The molecule has 130 valence electrons. The Balaban J connectivity index is 1.61. The highest BCUT2D eigenvalue weighted by atomic mass is 32.1. The zero-order valence-corrected chi connectivity index (χ0v) is 15.7. The van der Waals surface area contributed by atoms with Gasteiger partial charge in [0.1, 0.15) is 11.1 Å². The number of thiophene rings is 1. The van der Waals surface area contributed by atoms with Crippen LogP contribution in [0.25, 0.3) is 0 Å². The summed E-state index contributed by atoms with van der Waals surface area (Å²) in [5.41, 5.74) is 4.34. The lowest BCUT2D eigenvalue weighted by Gasteiger charge is -2.09. The van der Waals surface area contributed by atoms with Crippen LogP contribution < -0.4 is 5.32 Å². The van der Waals surface area contributed by atoms with E-state index in [2.05, 4.69) is 49.5 Å². The Morgan fingerprint density at radius 2 is 1.96 bits per heavy atom. The first kappa shape index (κ1) is 17.7. The third-order valence-electron chi connectivity index (χ3n) is 4.82. The quantitative estimate of drug-likeness (QED) is 0.805. The maximum absolute atomic E-state index is 12.3. The van der Waals surface area contributed by atoms with Crippen molar-refractivity contribution in [3.63, 3.8) is 0 Å². The summed E-state index contributed by atoms with van der Waals surface area (Å²) in [5, 5.41) is 13.2. The molecule has 0 spiro atoms. The highest BCUT2D eigenvalue weighted by Gasteiger charge is 2.21. The predicted molar refractivity (Wildman–Crippen MR) is 103 cm³/mol. The van der Waals surface area contributed by atoms with Crippen molar-refractivity contribution in [1.29, 1.82) is 5.26 Å². The summed E-state index contributed by atoms with van der Waals surface area (Å²) in [5.74, 6) is 0.509. The van der Waals surface area contributed by atoms with Gasteiger partial charge in [-0.25, -0.2) is 0 Å². The van der Waals surface area contributed by atoms with Crippen molar-refractivity contribution in [2.75, 3.05) is 5.32 Å². The average Bonchev–Trinajstić information content (AvgIpc) is 2.97. The van der Waals surface area contributed by atoms with Crippen LogP contribution in [0.5, 0.6) is 0 Å². The second kappa shape index (κ2) is 7.84. The fourth-order valence-corrected chi connectivity index (χ4v) is 4.54. The Morgan fingerprint density at radius 3 is 2.64 bits per heavy atom. The van der Waals surface area contributed by atoms with Crippen LogP contribution in [0, 0.1) is 11.3 Å². The van der Waals surface area contributed by atoms with Crippen LogP contribution in [0.4, 0.5) is 5.00 Å². The van der Waals surface area contributed by atoms with Gasteiger partial charge in [-0.1, -0.05) is 38.1 Å². The van der Waals surface area contributed by atoms with E-state index in [9.17, 15) is 10.1 Å². The fraction of sp³-hybridized carbons (Fsp3) is 0.429. The predicted octanol–water partition coefficient (Wildman–Crippen LogP) is 5.19. The van der Waals surface area contributed by atoms with Gasteiger partial charge in [-0.2, -0.15) is 5.26 Å². The molecule has 3 rings (SSSR count). The Hall–Kier alpha value is -2.12. The molecule has 1 aromatic carbocycles. The molecule has 0 radical (unpaired) electrons. The highest BCUT2D eigenvalue weighted by molar-refractivity contribution is 7.16. The summed E-state index contributed by atoms with van der Waals surface area (Å²) in [4.78, 5) is 13.6. The number of nitrogens with one attached hydrogen (secondary N) is 1. The minimum absolute atomic E-state index is 0.0111. The second-order valence-electron chi connectivity index (χ2n) is 6.97.